The third-order valence-electron chi connectivity index (χ3n) is 2.40. The van der Waals surface area contributed by atoms with Crippen molar-refractivity contribution >= 4 is 5.91 Å². The average molecular weight is 221 g/mol. The Morgan fingerprint density at radius 2 is 2.19 bits per heavy atom. The average Bonchev–Trinajstić information content (AvgIpc) is 2.27. The summed E-state index contributed by atoms with van der Waals surface area (Å²) in [5.74, 6) is 0.0661. The van der Waals surface area contributed by atoms with Crippen molar-refractivity contribution in [3.05, 3.63) is 30.1 Å². The van der Waals surface area contributed by atoms with Crippen LogP contribution < -0.4 is 5.32 Å². The third kappa shape index (κ3) is 3.31. The number of likely N-dealkylation sites (N-methyl/N-ethyl adjacent to an activating group) is 1. The molecule has 0 atom stereocenters. The van der Waals surface area contributed by atoms with Crippen molar-refractivity contribution in [2.45, 2.75) is 25.9 Å². The van der Waals surface area contributed by atoms with Crippen LogP contribution >= 0.6 is 0 Å². The van der Waals surface area contributed by atoms with Crippen molar-refractivity contribution in [1.29, 1.82) is 0 Å². The SMILES string of the molecule is CN(C)C(=O)C(C)(C)NCc1cccnc1. The zero-order valence-electron chi connectivity index (χ0n) is 10.3. The minimum absolute atomic E-state index is 0.0661. The Morgan fingerprint density at radius 3 is 2.69 bits per heavy atom. The molecule has 0 unspecified atom stereocenters. The fourth-order valence-corrected chi connectivity index (χ4v) is 1.46. The van der Waals surface area contributed by atoms with Gasteiger partial charge in [-0.05, 0) is 25.5 Å². The lowest BCUT2D eigenvalue weighted by atomic mass is 10.0. The van der Waals surface area contributed by atoms with Gasteiger partial charge in [0.05, 0.1) is 5.54 Å². The van der Waals surface area contributed by atoms with Gasteiger partial charge >= 0.3 is 0 Å². The summed E-state index contributed by atoms with van der Waals surface area (Å²) in [4.78, 5) is 17.5. The summed E-state index contributed by atoms with van der Waals surface area (Å²) < 4.78 is 0. The highest BCUT2D eigenvalue weighted by atomic mass is 16.2. The highest BCUT2D eigenvalue weighted by molar-refractivity contribution is 5.85. The molecule has 88 valence electrons. The molecule has 0 saturated heterocycles. The molecule has 1 N–H and O–H groups in total. The van der Waals surface area contributed by atoms with Gasteiger partial charge in [-0.2, -0.15) is 0 Å². The second-order valence-corrected chi connectivity index (χ2v) is 4.54. The maximum atomic E-state index is 11.8. The molecule has 0 aliphatic heterocycles. The Bertz CT molecular complexity index is 347. The van der Waals surface area contributed by atoms with E-state index in [0.717, 1.165) is 5.56 Å². The van der Waals surface area contributed by atoms with Gasteiger partial charge in [-0.1, -0.05) is 6.07 Å². The number of aromatic nitrogens is 1. The summed E-state index contributed by atoms with van der Waals surface area (Å²) in [7, 11) is 3.52. The summed E-state index contributed by atoms with van der Waals surface area (Å²) in [6, 6.07) is 3.87. The minimum atomic E-state index is -0.556. The van der Waals surface area contributed by atoms with E-state index < -0.39 is 5.54 Å². The Hall–Kier alpha value is -1.42. The second-order valence-electron chi connectivity index (χ2n) is 4.54. The van der Waals surface area contributed by atoms with E-state index >= 15 is 0 Å². The monoisotopic (exact) mass is 221 g/mol. The molecule has 1 amide bonds. The Morgan fingerprint density at radius 1 is 1.50 bits per heavy atom. The number of nitrogens with one attached hydrogen (secondary N) is 1. The molecular formula is C12H19N3O. The summed E-state index contributed by atoms with van der Waals surface area (Å²) in [5, 5.41) is 3.23. The fourth-order valence-electron chi connectivity index (χ4n) is 1.46. The Balaban J connectivity index is 2.58. The van der Waals surface area contributed by atoms with E-state index in [1.807, 2.05) is 26.0 Å². The molecule has 0 saturated carbocycles. The van der Waals surface area contributed by atoms with Crippen molar-refractivity contribution in [3.63, 3.8) is 0 Å². The van der Waals surface area contributed by atoms with Gasteiger partial charge in [-0.3, -0.25) is 15.1 Å². The van der Waals surface area contributed by atoms with E-state index in [9.17, 15) is 4.79 Å². The van der Waals surface area contributed by atoms with Gasteiger partial charge in [0.2, 0.25) is 5.91 Å². The van der Waals surface area contributed by atoms with Crippen LogP contribution in [0, 0.1) is 0 Å². The van der Waals surface area contributed by atoms with Crippen LogP contribution in [0.3, 0.4) is 0 Å². The first-order valence-corrected chi connectivity index (χ1v) is 5.29. The van der Waals surface area contributed by atoms with Crippen molar-refractivity contribution in [1.82, 2.24) is 15.2 Å². The first-order valence-electron chi connectivity index (χ1n) is 5.29. The Labute approximate surface area is 96.7 Å². The maximum absolute atomic E-state index is 11.8. The standard InChI is InChI=1S/C12H19N3O/c1-12(2,11(16)15(3)4)14-9-10-6-5-7-13-8-10/h5-8,14H,9H2,1-4H3. The van der Waals surface area contributed by atoms with E-state index in [1.54, 1.807) is 31.4 Å². The number of amides is 1. The maximum Gasteiger partial charge on any atom is 0.241 e. The minimum Gasteiger partial charge on any atom is -0.347 e. The first kappa shape index (κ1) is 12.6. The number of carbonyl (C=O) groups is 1. The molecule has 4 nitrogen and oxygen atoms in total. The number of nitrogens with zero attached hydrogens (tertiary/aromatic N) is 2. The molecule has 1 rings (SSSR count). The summed E-state index contributed by atoms with van der Waals surface area (Å²) >= 11 is 0. The molecule has 0 bridgehead atoms. The normalized spacial score (nSPS) is 11.2. The number of pyridine rings is 1. The zero-order chi connectivity index (χ0) is 12.2. The molecule has 0 fully saturated rings. The highest BCUT2D eigenvalue weighted by Crippen LogP contribution is 2.07. The van der Waals surface area contributed by atoms with E-state index in [2.05, 4.69) is 10.3 Å². The van der Waals surface area contributed by atoms with Gasteiger partial charge in [0, 0.05) is 33.0 Å². The van der Waals surface area contributed by atoms with Crippen LogP contribution in [0.15, 0.2) is 24.5 Å². The zero-order valence-corrected chi connectivity index (χ0v) is 10.3. The first-order chi connectivity index (χ1) is 7.43. The fraction of sp³-hybridized carbons (Fsp3) is 0.500. The molecule has 1 aromatic rings. The van der Waals surface area contributed by atoms with E-state index in [0.29, 0.717) is 6.54 Å². The van der Waals surface area contributed by atoms with E-state index in [1.165, 1.54) is 0 Å². The Kier molecular flexibility index (Phi) is 4.01. The highest BCUT2D eigenvalue weighted by Gasteiger charge is 2.28. The topological polar surface area (TPSA) is 45.2 Å². The molecule has 0 spiro atoms. The predicted molar refractivity (Wildman–Crippen MR) is 63.8 cm³/mol. The van der Waals surface area contributed by atoms with E-state index in [-0.39, 0.29) is 5.91 Å². The van der Waals surface area contributed by atoms with Gasteiger partial charge in [0.15, 0.2) is 0 Å². The summed E-state index contributed by atoms with van der Waals surface area (Å²) in [6.45, 7) is 4.40. The largest absolute Gasteiger partial charge is 0.347 e. The number of hydrogen-bond donors (Lipinski definition) is 1. The molecule has 4 heteroatoms. The van der Waals surface area contributed by atoms with Gasteiger partial charge in [0.25, 0.3) is 0 Å². The summed E-state index contributed by atoms with van der Waals surface area (Å²) in [6.07, 6.45) is 3.53. The smallest absolute Gasteiger partial charge is 0.241 e. The molecule has 1 aromatic heterocycles. The number of carbonyl (C=O) groups excluding carboxylic acids is 1. The third-order valence-corrected chi connectivity index (χ3v) is 2.40. The van der Waals surface area contributed by atoms with Gasteiger partial charge in [0.1, 0.15) is 0 Å². The van der Waals surface area contributed by atoms with Crippen LogP contribution in [0.5, 0.6) is 0 Å². The molecule has 0 aromatic carbocycles. The lowest BCUT2D eigenvalue weighted by Crippen LogP contribution is -2.51. The van der Waals surface area contributed by atoms with Gasteiger partial charge in [-0.25, -0.2) is 0 Å². The lowest BCUT2D eigenvalue weighted by Gasteiger charge is -2.28. The second kappa shape index (κ2) is 5.07. The summed E-state index contributed by atoms with van der Waals surface area (Å²) in [5.41, 5.74) is 0.515. The molecule has 0 radical (unpaired) electrons. The molecule has 16 heavy (non-hydrogen) atoms. The molecule has 0 aliphatic carbocycles. The molecule has 0 aliphatic rings. The van der Waals surface area contributed by atoms with Crippen molar-refractivity contribution in [2.24, 2.45) is 0 Å². The quantitative estimate of drug-likeness (QED) is 0.826. The van der Waals surface area contributed by atoms with Crippen LogP contribution in [0.4, 0.5) is 0 Å². The molecular weight excluding hydrogens is 202 g/mol. The van der Waals surface area contributed by atoms with Crippen LogP contribution in [-0.4, -0.2) is 35.4 Å². The van der Waals surface area contributed by atoms with Crippen LogP contribution in [0.25, 0.3) is 0 Å². The van der Waals surface area contributed by atoms with E-state index in [4.69, 9.17) is 0 Å². The van der Waals surface area contributed by atoms with Crippen molar-refractivity contribution < 1.29 is 4.79 Å². The van der Waals surface area contributed by atoms with Crippen molar-refractivity contribution in [3.8, 4) is 0 Å². The predicted octanol–water partition coefficient (Wildman–Crippen LogP) is 1.04. The van der Waals surface area contributed by atoms with Gasteiger partial charge in [-0.15, -0.1) is 0 Å². The van der Waals surface area contributed by atoms with Gasteiger partial charge < -0.3 is 4.90 Å². The van der Waals surface area contributed by atoms with Crippen LogP contribution in [0.1, 0.15) is 19.4 Å². The van der Waals surface area contributed by atoms with Crippen LogP contribution in [-0.2, 0) is 11.3 Å². The van der Waals surface area contributed by atoms with Crippen LogP contribution in [0.2, 0.25) is 0 Å². The van der Waals surface area contributed by atoms with Crippen molar-refractivity contribution in [2.75, 3.05) is 14.1 Å². The molecule has 1 heterocycles. The lowest BCUT2D eigenvalue weighted by molar-refractivity contribution is -0.134. The number of hydrogen-bond acceptors (Lipinski definition) is 3. The number of rotatable bonds is 4.